The Balaban J connectivity index is 1.13. The summed E-state index contributed by atoms with van der Waals surface area (Å²) in [4.78, 5) is 72.8. The summed E-state index contributed by atoms with van der Waals surface area (Å²) < 4.78 is 44.0. The molecule has 278 valence electrons. The number of hydrogen-bond donors (Lipinski definition) is 3. The molecule has 0 bridgehead atoms. The molecular formula is C31H28ClF3N10O8. The molecule has 0 radical (unpaired) electrons. The Morgan fingerprint density at radius 1 is 1.02 bits per heavy atom. The Bertz CT molecular complexity index is 2110. The van der Waals surface area contributed by atoms with E-state index in [1.54, 1.807) is 0 Å². The summed E-state index contributed by atoms with van der Waals surface area (Å²) in [5, 5.41) is 36.6. The number of halogens is 4. The molecule has 4 aromatic rings. The number of nitro groups is 1. The van der Waals surface area contributed by atoms with Crippen LogP contribution in [0.2, 0.25) is 5.02 Å². The quantitative estimate of drug-likeness (QED) is 0.184. The van der Waals surface area contributed by atoms with Gasteiger partial charge in [-0.1, -0.05) is 11.6 Å². The number of alkyl halides is 3. The van der Waals surface area contributed by atoms with Crippen molar-refractivity contribution >= 4 is 46.8 Å². The van der Waals surface area contributed by atoms with Crippen molar-refractivity contribution in [3.8, 4) is 17.1 Å². The lowest BCUT2D eigenvalue weighted by Gasteiger charge is -2.37. The maximum absolute atomic E-state index is 14.0. The van der Waals surface area contributed by atoms with Crippen LogP contribution in [-0.2, 0) is 18.0 Å². The van der Waals surface area contributed by atoms with Crippen LogP contribution in [0.1, 0.15) is 33.1 Å². The van der Waals surface area contributed by atoms with Crippen LogP contribution in [0, 0.1) is 10.1 Å². The lowest BCUT2D eigenvalue weighted by Crippen LogP contribution is -2.57. The molecule has 2 saturated heterocycles. The summed E-state index contributed by atoms with van der Waals surface area (Å²) in [6, 6.07) is 5.05. The molecule has 1 aromatic carbocycles. The number of imidazole rings is 1. The lowest BCUT2D eigenvalue weighted by atomic mass is 10.1. The smallest absolute Gasteiger partial charge is 0.435 e. The predicted molar refractivity (Wildman–Crippen MR) is 176 cm³/mol. The van der Waals surface area contributed by atoms with Gasteiger partial charge in [0.1, 0.15) is 12.2 Å². The van der Waals surface area contributed by atoms with Crippen molar-refractivity contribution < 1.29 is 47.5 Å². The molecule has 18 nitrogen and oxygen atoms in total. The van der Waals surface area contributed by atoms with Crippen molar-refractivity contribution in [1.29, 1.82) is 0 Å². The number of hydrogen-bond acceptors (Lipinski definition) is 10. The second-order valence-corrected chi connectivity index (χ2v) is 12.4. The number of nitrogens with zero attached hydrogens (tertiary/aromatic N) is 9. The zero-order valence-corrected chi connectivity index (χ0v) is 28.2. The Morgan fingerprint density at radius 3 is 2.32 bits per heavy atom. The Kier molecular flexibility index (Phi) is 9.79. The molecule has 3 N–H and O–H groups in total. The average molecular weight is 761 g/mol. The van der Waals surface area contributed by atoms with Gasteiger partial charge in [-0.15, -0.1) is 0 Å². The summed E-state index contributed by atoms with van der Waals surface area (Å²) in [5.74, 6) is -2.24. The van der Waals surface area contributed by atoms with Gasteiger partial charge < -0.3 is 29.9 Å². The zero-order chi connectivity index (χ0) is 38.4. The monoisotopic (exact) mass is 760 g/mol. The van der Waals surface area contributed by atoms with Crippen molar-refractivity contribution in [3.05, 3.63) is 81.1 Å². The van der Waals surface area contributed by atoms with Gasteiger partial charge in [0.25, 0.3) is 17.5 Å². The van der Waals surface area contributed by atoms with E-state index in [1.807, 2.05) is 0 Å². The molecule has 4 amide bonds. The van der Waals surface area contributed by atoms with Crippen LogP contribution in [0.15, 0.2) is 48.9 Å². The molecule has 0 aliphatic carbocycles. The third-order valence-electron chi connectivity index (χ3n) is 8.83. The van der Waals surface area contributed by atoms with Crippen LogP contribution in [0.25, 0.3) is 17.1 Å². The van der Waals surface area contributed by atoms with E-state index in [2.05, 4.69) is 20.4 Å². The Hall–Kier alpha value is -6.09. The van der Waals surface area contributed by atoms with Gasteiger partial charge in [0.05, 0.1) is 39.1 Å². The second kappa shape index (κ2) is 14.1. The van der Waals surface area contributed by atoms with Gasteiger partial charge >= 0.3 is 12.3 Å². The van der Waals surface area contributed by atoms with Crippen molar-refractivity contribution in [2.75, 3.05) is 38.0 Å². The van der Waals surface area contributed by atoms with Crippen LogP contribution < -0.4 is 5.32 Å². The summed E-state index contributed by atoms with van der Waals surface area (Å²) in [6.45, 7) is 0.437. The van der Waals surface area contributed by atoms with Crippen LogP contribution in [0.4, 0.5) is 29.3 Å². The van der Waals surface area contributed by atoms with Crippen LogP contribution >= 0.6 is 11.6 Å². The standard InChI is InChI=1S/C31H28ClF3N10O8/c1-40-21(19-15-44(39-25(19)31(33,34)35)23-5-3-17(13-36-23)45(52)53)14-37-26(40)27(47)38-16-2-4-18(20(32)12-16)28(48)41-8-10-42(11-9-41)29(49)24-22(46)6-7-43(24)30(50)51/h2-5,12-15,22,24,46H,6-11H2,1H3,(H,38,47)(H,50,51)/t22-,24-/m0/s1. The summed E-state index contributed by atoms with van der Waals surface area (Å²) in [6.07, 6.45) is -4.30. The van der Waals surface area contributed by atoms with Crippen molar-refractivity contribution in [2.24, 2.45) is 7.05 Å². The van der Waals surface area contributed by atoms with Gasteiger partial charge in [0, 0.05) is 57.7 Å². The number of carbonyl (C=O) groups excluding carboxylic acids is 3. The molecule has 6 rings (SSSR count). The minimum Gasteiger partial charge on any atom is -0.465 e. The zero-order valence-electron chi connectivity index (χ0n) is 27.4. The number of pyridine rings is 1. The number of aromatic nitrogens is 5. The highest BCUT2D eigenvalue weighted by Crippen LogP contribution is 2.37. The molecule has 2 fully saturated rings. The van der Waals surface area contributed by atoms with Gasteiger partial charge in [-0.3, -0.25) is 29.4 Å². The number of carboxylic acid groups (broad SMARTS) is 1. The van der Waals surface area contributed by atoms with E-state index < -0.39 is 58.3 Å². The number of amides is 4. The minimum absolute atomic E-state index is 0.0277. The first-order valence-corrected chi connectivity index (χ1v) is 16.1. The van der Waals surface area contributed by atoms with E-state index in [4.69, 9.17) is 11.6 Å². The molecule has 2 aliphatic rings. The second-order valence-electron chi connectivity index (χ2n) is 12.0. The summed E-state index contributed by atoms with van der Waals surface area (Å²) >= 11 is 6.43. The topological polar surface area (TPSA) is 222 Å². The van der Waals surface area contributed by atoms with Gasteiger partial charge in [-0.05, 0) is 30.7 Å². The van der Waals surface area contributed by atoms with E-state index in [0.717, 1.165) is 44.9 Å². The number of piperazine rings is 1. The van der Waals surface area contributed by atoms with E-state index in [9.17, 15) is 52.7 Å². The number of nitrogens with one attached hydrogen (secondary N) is 1. The molecule has 3 aromatic heterocycles. The molecule has 0 spiro atoms. The number of rotatable bonds is 7. The van der Waals surface area contributed by atoms with Crippen LogP contribution in [-0.4, -0.2) is 123 Å². The Morgan fingerprint density at radius 2 is 1.72 bits per heavy atom. The SMILES string of the molecule is Cn1c(-c2cn(-c3ccc([N+](=O)[O-])cn3)nc2C(F)(F)F)cnc1C(=O)Nc1ccc(C(=O)N2CCN(C(=O)[C@@H]3[C@@H](O)CCN3C(=O)O)CC2)c(Cl)c1. The van der Waals surface area contributed by atoms with E-state index in [0.29, 0.717) is 0 Å². The first-order chi connectivity index (χ1) is 25.0. The number of likely N-dealkylation sites (tertiary alicyclic amines) is 1. The highest BCUT2D eigenvalue weighted by atomic mass is 35.5. The summed E-state index contributed by atoms with van der Waals surface area (Å²) in [5.41, 5.74) is -2.03. The normalized spacial score (nSPS) is 17.6. The molecule has 2 atom stereocenters. The van der Waals surface area contributed by atoms with Gasteiger partial charge in [-0.25, -0.2) is 19.4 Å². The molecular weight excluding hydrogens is 733 g/mol. The maximum Gasteiger partial charge on any atom is 0.435 e. The van der Waals surface area contributed by atoms with E-state index in [1.165, 1.54) is 35.0 Å². The largest absolute Gasteiger partial charge is 0.465 e. The molecule has 5 heterocycles. The van der Waals surface area contributed by atoms with Gasteiger partial charge in [0.15, 0.2) is 17.3 Å². The minimum atomic E-state index is -4.93. The number of anilines is 1. The number of benzene rings is 1. The average Bonchev–Trinajstić information content (AvgIpc) is 3.84. The summed E-state index contributed by atoms with van der Waals surface area (Å²) in [7, 11) is 1.32. The third kappa shape index (κ3) is 7.20. The Labute approximate surface area is 301 Å². The van der Waals surface area contributed by atoms with E-state index >= 15 is 0 Å². The third-order valence-corrected chi connectivity index (χ3v) is 9.14. The fourth-order valence-corrected chi connectivity index (χ4v) is 6.37. The lowest BCUT2D eigenvalue weighted by molar-refractivity contribution is -0.385. The van der Waals surface area contributed by atoms with Gasteiger partial charge in [-0.2, -0.15) is 18.3 Å². The first-order valence-electron chi connectivity index (χ1n) is 15.7. The molecule has 22 heteroatoms. The van der Waals surface area contributed by atoms with Crippen LogP contribution in [0.3, 0.4) is 0 Å². The molecule has 2 aliphatic heterocycles. The van der Waals surface area contributed by atoms with E-state index in [-0.39, 0.29) is 78.4 Å². The molecule has 0 unspecified atom stereocenters. The predicted octanol–water partition coefficient (Wildman–Crippen LogP) is 2.90. The van der Waals surface area contributed by atoms with Crippen molar-refractivity contribution in [3.63, 3.8) is 0 Å². The molecule has 0 saturated carbocycles. The maximum atomic E-state index is 14.0. The number of aliphatic hydroxyl groups is 1. The molecule has 53 heavy (non-hydrogen) atoms. The van der Waals surface area contributed by atoms with Gasteiger partial charge in [0.2, 0.25) is 5.91 Å². The first kappa shape index (κ1) is 36.7. The fourth-order valence-electron chi connectivity index (χ4n) is 6.11. The highest BCUT2D eigenvalue weighted by Gasteiger charge is 2.44. The number of aliphatic hydroxyl groups excluding tert-OH is 1. The fraction of sp³-hybridized carbons (Fsp3) is 0.323. The highest BCUT2D eigenvalue weighted by molar-refractivity contribution is 6.34. The van der Waals surface area contributed by atoms with Crippen molar-refractivity contribution in [2.45, 2.75) is 24.7 Å². The van der Waals surface area contributed by atoms with Crippen LogP contribution in [0.5, 0.6) is 0 Å². The van der Waals surface area contributed by atoms with Crippen molar-refractivity contribution in [1.82, 2.24) is 39.0 Å². The number of carbonyl (C=O) groups is 4.